The quantitative estimate of drug-likeness (QED) is 0.796. The Kier molecular flexibility index (Phi) is 3.89. The Bertz CT molecular complexity index is 585. The van der Waals surface area contributed by atoms with E-state index in [0.717, 1.165) is 18.4 Å². The van der Waals surface area contributed by atoms with Crippen LogP contribution in [0.2, 0.25) is 0 Å². The van der Waals surface area contributed by atoms with Crippen molar-refractivity contribution >= 4 is 21.8 Å². The molecule has 0 radical (unpaired) electrons. The highest BCUT2D eigenvalue weighted by Gasteiger charge is 2.39. The van der Waals surface area contributed by atoms with Gasteiger partial charge < -0.3 is 4.90 Å². The monoisotopic (exact) mass is 285 g/mol. The summed E-state index contributed by atoms with van der Waals surface area (Å²) in [7, 11) is -4.66. The van der Waals surface area contributed by atoms with Gasteiger partial charge in [-0.05, 0) is 18.1 Å². The highest BCUT2D eigenvalue weighted by molar-refractivity contribution is 7.87. The van der Waals surface area contributed by atoms with Crippen molar-refractivity contribution in [3.63, 3.8) is 0 Å². The highest BCUT2D eigenvalue weighted by atomic mass is 32.3. The van der Waals surface area contributed by atoms with E-state index in [1.165, 1.54) is 4.90 Å². The first kappa shape index (κ1) is 14.0. The fourth-order valence-electron chi connectivity index (χ4n) is 2.35. The Balaban J connectivity index is 2.31. The van der Waals surface area contributed by atoms with Gasteiger partial charge in [0.15, 0.2) is 0 Å². The van der Waals surface area contributed by atoms with Crippen LogP contribution < -0.4 is 4.90 Å². The van der Waals surface area contributed by atoms with Crippen molar-refractivity contribution in [2.24, 2.45) is 0 Å². The van der Waals surface area contributed by atoms with E-state index in [1.807, 2.05) is 19.1 Å². The van der Waals surface area contributed by atoms with Gasteiger partial charge in [0, 0.05) is 18.7 Å². The average Bonchev–Trinajstić information content (AvgIpc) is 2.72. The maximum absolute atomic E-state index is 13.0. The van der Waals surface area contributed by atoms with E-state index >= 15 is 0 Å². The Hall–Kier alpha value is -1.43. The van der Waals surface area contributed by atoms with Gasteiger partial charge in [0.1, 0.15) is 5.25 Å². The molecule has 1 atom stereocenters. The lowest BCUT2D eigenvalue weighted by atomic mass is 10.1. The van der Waals surface area contributed by atoms with Crippen molar-refractivity contribution in [1.29, 1.82) is 0 Å². The lowest BCUT2D eigenvalue weighted by molar-refractivity contribution is -0.117. The minimum atomic E-state index is -4.66. The van der Waals surface area contributed by atoms with E-state index < -0.39 is 15.5 Å². The molecule has 0 spiro atoms. The van der Waals surface area contributed by atoms with Crippen molar-refractivity contribution in [2.45, 2.75) is 31.4 Å². The number of para-hydroxylation sites is 1. The van der Waals surface area contributed by atoms with Crippen LogP contribution >= 0.6 is 0 Å². The lowest BCUT2D eigenvalue weighted by Gasteiger charge is -2.19. The molecule has 1 heterocycles. The van der Waals surface area contributed by atoms with Gasteiger partial charge in [-0.1, -0.05) is 31.5 Å². The summed E-state index contributed by atoms with van der Waals surface area (Å²) >= 11 is 0. The first-order valence-corrected chi connectivity index (χ1v) is 7.70. The Morgan fingerprint density at radius 3 is 2.63 bits per heavy atom. The number of anilines is 1. The van der Waals surface area contributed by atoms with Crippen LogP contribution in [0.1, 0.15) is 25.3 Å². The summed E-state index contributed by atoms with van der Waals surface area (Å²) < 4.78 is 34.8. The summed E-state index contributed by atoms with van der Waals surface area (Å²) in [5.41, 5.74) is 1.68. The van der Waals surface area contributed by atoms with Crippen molar-refractivity contribution in [3.8, 4) is 0 Å². The maximum Gasteiger partial charge on any atom is 0.307 e. The molecule has 0 saturated carbocycles. The molecule has 1 unspecified atom stereocenters. The second kappa shape index (κ2) is 5.28. The highest BCUT2D eigenvalue weighted by Crippen LogP contribution is 2.29. The van der Waals surface area contributed by atoms with Gasteiger partial charge in [-0.3, -0.25) is 4.79 Å². The van der Waals surface area contributed by atoms with Crippen molar-refractivity contribution in [3.05, 3.63) is 29.8 Å². The zero-order chi connectivity index (χ0) is 14.0. The van der Waals surface area contributed by atoms with Crippen LogP contribution in [0.5, 0.6) is 0 Å². The average molecular weight is 285 g/mol. The number of carbonyl (C=O) groups excluding carboxylic acids is 1. The summed E-state index contributed by atoms with van der Waals surface area (Å²) in [5.74, 6) is -0.338. The molecule has 1 aromatic carbocycles. The van der Waals surface area contributed by atoms with Crippen molar-refractivity contribution < 1.29 is 17.1 Å². The van der Waals surface area contributed by atoms with Gasteiger partial charge in [0.2, 0.25) is 5.91 Å². The summed E-state index contributed by atoms with van der Waals surface area (Å²) in [6.07, 6.45) is 1.44. The number of nitrogens with zero attached hydrogens (tertiary/aromatic N) is 1. The third kappa shape index (κ3) is 2.94. The molecule has 6 heteroatoms. The zero-order valence-electron chi connectivity index (χ0n) is 10.7. The van der Waals surface area contributed by atoms with E-state index in [-0.39, 0.29) is 18.9 Å². The molecule has 4 nitrogen and oxygen atoms in total. The number of rotatable bonds is 4. The number of hydrogen-bond acceptors (Lipinski definition) is 3. The number of halogens is 1. The Morgan fingerprint density at radius 2 is 2.05 bits per heavy atom. The van der Waals surface area contributed by atoms with E-state index in [9.17, 15) is 17.1 Å². The van der Waals surface area contributed by atoms with E-state index in [2.05, 4.69) is 0 Å². The smallest absolute Gasteiger partial charge is 0.307 e. The SMILES string of the molecule is CCCc1ccccc1N1CC(S(=O)(=O)F)CC1=O. The molecule has 1 amide bonds. The summed E-state index contributed by atoms with van der Waals surface area (Å²) in [5, 5.41) is -1.24. The molecule has 2 rings (SSSR count). The molecule has 1 aliphatic heterocycles. The summed E-state index contributed by atoms with van der Waals surface area (Å²) in [6.45, 7) is 1.93. The maximum atomic E-state index is 13.0. The predicted molar refractivity (Wildman–Crippen MR) is 71.2 cm³/mol. The summed E-state index contributed by atoms with van der Waals surface area (Å²) in [4.78, 5) is 13.3. The van der Waals surface area contributed by atoms with Gasteiger partial charge in [0.05, 0.1) is 0 Å². The molecule has 0 N–H and O–H groups in total. The largest absolute Gasteiger partial charge is 0.311 e. The third-order valence-corrected chi connectivity index (χ3v) is 4.40. The van der Waals surface area contributed by atoms with E-state index in [0.29, 0.717) is 5.69 Å². The number of benzene rings is 1. The van der Waals surface area contributed by atoms with Crippen LogP contribution in [0, 0.1) is 0 Å². The predicted octanol–water partition coefficient (Wildman–Crippen LogP) is 2.04. The molecule has 1 aromatic rings. The summed E-state index contributed by atoms with van der Waals surface area (Å²) in [6, 6.07) is 7.34. The number of hydrogen-bond donors (Lipinski definition) is 0. The molecular formula is C13H16FNO3S. The molecule has 1 aliphatic rings. The Labute approximate surface area is 112 Å². The van der Waals surface area contributed by atoms with Gasteiger partial charge in [-0.15, -0.1) is 3.89 Å². The second-order valence-corrected chi connectivity index (χ2v) is 6.30. The van der Waals surface area contributed by atoms with E-state index in [4.69, 9.17) is 0 Å². The minimum absolute atomic E-state index is 0.0988. The van der Waals surface area contributed by atoms with Gasteiger partial charge in [-0.25, -0.2) is 0 Å². The van der Waals surface area contributed by atoms with Crippen LogP contribution in [-0.2, 0) is 21.4 Å². The fourth-order valence-corrected chi connectivity index (χ4v) is 3.02. The zero-order valence-corrected chi connectivity index (χ0v) is 11.5. The van der Waals surface area contributed by atoms with E-state index in [1.54, 1.807) is 12.1 Å². The molecule has 1 saturated heterocycles. The van der Waals surface area contributed by atoms with Crippen LogP contribution in [0.25, 0.3) is 0 Å². The normalized spacial score (nSPS) is 20.0. The molecular weight excluding hydrogens is 269 g/mol. The van der Waals surface area contributed by atoms with Crippen LogP contribution in [0.4, 0.5) is 9.57 Å². The number of aryl methyl sites for hydroxylation is 1. The molecule has 19 heavy (non-hydrogen) atoms. The van der Waals surface area contributed by atoms with Crippen LogP contribution in [0.3, 0.4) is 0 Å². The minimum Gasteiger partial charge on any atom is -0.311 e. The van der Waals surface area contributed by atoms with Crippen LogP contribution in [0.15, 0.2) is 24.3 Å². The lowest BCUT2D eigenvalue weighted by Crippen LogP contribution is -2.27. The molecule has 1 fully saturated rings. The molecule has 0 aromatic heterocycles. The first-order valence-electron chi connectivity index (χ1n) is 6.25. The van der Waals surface area contributed by atoms with Crippen LogP contribution in [-0.4, -0.2) is 26.1 Å². The Morgan fingerprint density at radius 1 is 1.37 bits per heavy atom. The third-order valence-electron chi connectivity index (χ3n) is 3.29. The van der Waals surface area contributed by atoms with Crippen molar-refractivity contribution in [1.82, 2.24) is 0 Å². The number of carbonyl (C=O) groups is 1. The molecule has 104 valence electrons. The van der Waals surface area contributed by atoms with Gasteiger partial charge in [-0.2, -0.15) is 8.42 Å². The molecule has 0 bridgehead atoms. The first-order chi connectivity index (χ1) is 8.93. The van der Waals surface area contributed by atoms with Gasteiger partial charge in [0.25, 0.3) is 0 Å². The standard InChI is InChI=1S/C13H16FNO3S/c1-2-5-10-6-3-4-7-12(10)15-9-11(8-13(15)16)19(14,17)18/h3-4,6-7,11H,2,5,8-9H2,1H3. The second-order valence-electron chi connectivity index (χ2n) is 4.68. The number of amides is 1. The topological polar surface area (TPSA) is 54.5 Å². The fraction of sp³-hybridized carbons (Fsp3) is 0.462. The van der Waals surface area contributed by atoms with Crippen molar-refractivity contribution in [2.75, 3.05) is 11.4 Å². The van der Waals surface area contributed by atoms with Gasteiger partial charge >= 0.3 is 10.2 Å². The molecule has 0 aliphatic carbocycles.